The van der Waals surface area contributed by atoms with E-state index in [-0.39, 0.29) is 18.3 Å². The number of benzene rings is 1. The van der Waals surface area contributed by atoms with Crippen molar-refractivity contribution in [1.82, 2.24) is 10.2 Å². The van der Waals surface area contributed by atoms with Gasteiger partial charge < -0.3 is 14.6 Å². The lowest BCUT2D eigenvalue weighted by Crippen LogP contribution is -2.44. The standard InChI is InChI=1S/C20H26N2O2.ClH/c1-14-9-17-16(12-24-18(17)10-15(14)2)11-19(23)22-7-4-20(5-8-22)3-6-21-13-20;/h9-10,12,21H,3-8,11,13H2,1-2H3;1H. The topological polar surface area (TPSA) is 45.5 Å². The highest BCUT2D eigenvalue weighted by Gasteiger charge is 2.38. The zero-order valence-electron chi connectivity index (χ0n) is 15.1. The minimum atomic E-state index is 0. The molecule has 136 valence electrons. The number of furan rings is 1. The van der Waals surface area contributed by atoms with Gasteiger partial charge in [0.1, 0.15) is 5.58 Å². The SMILES string of the molecule is Cc1cc2occ(CC(=O)N3CCC4(CCNC4)CC3)c2cc1C.Cl. The van der Waals surface area contributed by atoms with E-state index in [2.05, 4.69) is 31.3 Å². The molecule has 2 aliphatic rings. The summed E-state index contributed by atoms with van der Waals surface area (Å²) in [6, 6.07) is 4.21. The minimum absolute atomic E-state index is 0. The molecule has 2 aromatic rings. The van der Waals surface area contributed by atoms with Crippen LogP contribution in [0.25, 0.3) is 11.0 Å². The summed E-state index contributed by atoms with van der Waals surface area (Å²) in [4.78, 5) is 14.8. The number of aryl methyl sites for hydroxylation is 2. The van der Waals surface area contributed by atoms with Crippen molar-refractivity contribution in [2.45, 2.75) is 39.5 Å². The molecule has 1 spiro atoms. The fraction of sp³-hybridized carbons (Fsp3) is 0.550. The third kappa shape index (κ3) is 3.42. The smallest absolute Gasteiger partial charge is 0.227 e. The van der Waals surface area contributed by atoms with Crippen molar-refractivity contribution in [3.63, 3.8) is 0 Å². The molecule has 4 rings (SSSR count). The Hall–Kier alpha value is -1.52. The number of carbonyl (C=O) groups is 1. The van der Waals surface area contributed by atoms with Crippen molar-refractivity contribution < 1.29 is 9.21 Å². The van der Waals surface area contributed by atoms with Gasteiger partial charge in [-0.3, -0.25) is 4.79 Å². The number of nitrogens with zero attached hydrogens (tertiary/aromatic N) is 1. The quantitative estimate of drug-likeness (QED) is 0.887. The highest BCUT2D eigenvalue weighted by atomic mass is 35.5. The fourth-order valence-corrected chi connectivity index (χ4v) is 4.20. The van der Waals surface area contributed by atoms with Crippen LogP contribution in [0.1, 0.15) is 36.0 Å². The molecule has 0 aliphatic carbocycles. The van der Waals surface area contributed by atoms with E-state index in [0.29, 0.717) is 11.8 Å². The summed E-state index contributed by atoms with van der Waals surface area (Å²) in [5, 5.41) is 4.56. The van der Waals surface area contributed by atoms with Crippen LogP contribution < -0.4 is 5.32 Å². The number of rotatable bonds is 2. The van der Waals surface area contributed by atoms with E-state index in [9.17, 15) is 4.79 Å². The molecule has 1 aromatic carbocycles. The van der Waals surface area contributed by atoms with Crippen molar-refractivity contribution in [2.24, 2.45) is 5.41 Å². The van der Waals surface area contributed by atoms with Crippen LogP contribution in [0.15, 0.2) is 22.8 Å². The highest BCUT2D eigenvalue weighted by molar-refractivity contribution is 5.88. The second kappa shape index (κ2) is 7.00. The van der Waals surface area contributed by atoms with Gasteiger partial charge in [0.25, 0.3) is 0 Å². The number of fused-ring (bicyclic) bond motifs is 1. The number of hydrogen-bond donors (Lipinski definition) is 1. The van der Waals surface area contributed by atoms with E-state index in [0.717, 1.165) is 55.6 Å². The molecule has 1 aromatic heterocycles. The first kappa shape index (κ1) is 18.3. The number of hydrogen-bond acceptors (Lipinski definition) is 3. The summed E-state index contributed by atoms with van der Waals surface area (Å²) >= 11 is 0. The Morgan fingerprint density at radius 2 is 1.92 bits per heavy atom. The monoisotopic (exact) mass is 362 g/mol. The summed E-state index contributed by atoms with van der Waals surface area (Å²) in [6.45, 7) is 8.24. The van der Waals surface area contributed by atoms with Crippen LogP contribution in [0.4, 0.5) is 0 Å². The number of amides is 1. The Morgan fingerprint density at radius 3 is 2.60 bits per heavy atom. The predicted octanol–water partition coefficient (Wildman–Crippen LogP) is 3.62. The number of halogens is 1. The molecule has 4 nitrogen and oxygen atoms in total. The summed E-state index contributed by atoms with van der Waals surface area (Å²) in [7, 11) is 0. The third-order valence-corrected chi connectivity index (χ3v) is 6.12. The molecular formula is C20H27ClN2O2. The minimum Gasteiger partial charge on any atom is -0.464 e. The fourth-order valence-electron chi connectivity index (χ4n) is 4.20. The Kier molecular flexibility index (Phi) is 5.12. The number of nitrogens with one attached hydrogen (secondary N) is 1. The Bertz CT molecular complexity index is 767. The summed E-state index contributed by atoms with van der Waals surface area (Å²) < 4.78 is 5.67. The molecule has 1 amide bonds. The van der Waals surface area contributed by atoms with Crippen molar-refractivity contribution in [2.75, 3.05) is 26.2 Å². The normalized spacial score (nSPS) is 19.4. The van der Waals surface area contributed by atoms with Gasteiger partial charge >= 0.3 is 0 Å². The lowest BCUT2D eigenvalue weighted by Gasteiger charge is -2.38. The van der Waals surface area contributed by atoms with Crippen LogP contribution in [0, 0.1) is 19.3 Å². The van der Waals surface area contributed by atoms with Crippen molar-refractivity contribution in [3.05, 3.63) is 35.1 Å². The zero-order valence-corrected chi connectivity index (χ0v) is 15.9. The van der Waals surface area contributed by atoms with Gasteiger partial charge in [-0.15, -0.1) is 12.4 Å². The van der Waals surface area contributed by atoms with Gasteiger partial charge in [0.15, 0.2) is 0 Å². The van der Waals surface area contributed by atoms with E-state index in [4.69, 9.17) is 4.42 Å². The first-order valence-corrected chi connectivity index (χ1v) is 9.02. The van der Waals surface area contributed by atoms with Gasteiger partial charge in [0.05, 0.1) is 12.7 Å². The summed E-state index contributed by atoms with van der Waals surface area (Å²) in [6.07, 6.45) is 5.74. The second-order valence-electron chi connectivity index (χ2n) is 7.68. The van der Waals surface area contributed by atoms with Crippen molar-refractivity contribution in [3.8, 4) is 0 Å². The van der Waals surface area contributed by atoms with Crippen molar-refractivity contribution in [1.29, 1.82) is 0 Å². The van der Waals surface area contributed by atoms with Gasteiger partial charge in [-0.05, 0) is 68.3 Å². The number of piperidine rings is 1. The predicted molar refractivity (Wildman–Crippen MR) is 102 cm³/mol. The molecule has 5 heteroatoms. The molecule has 0 unspecified atom stereocenters. The molecule has 2 saturated heterocycles. The van der Waals surface area contributed by atoms with Crippen LogP contribution in [0.5, 0.6) is 0 Å². The molecule has 0 saturated carbocycles. The average molecular weight is 363 g/mol. The average Bonchev–Trinajstić information content (AvgIpc) is 3.17. The summed E-state index contributed by atoms with van der Waals surface area (Å²) in [5.41, 5.74) is 4.82. The first-order chi connectivity index (χ1) is 11.6. The van der Waals surface area contributed by atoms with Gasteiger partial charge in [-0.1, -0.05) is 0 Å². The molecule has 0 radical (unpaired) electrons. The van der Waals surface area contributed by atoms with E-state index >= 15 is 0 Å². The first-order valence-electron chi connectivity index (χ1n) is 9.02. The largest absolute Gasteiger partial charge is 0.464 e. The maximum atomic E-state index is 12.7. The summed E-state index contributed by atoms with van der Waals surface area (Å²) in [5.74, 6) is 0.233. The van der Waals surface area contributed by atoms with Crippen LogP contribution >= 0.6 is 12.4 Å². The molecule has 0 bridgehead atoms. The second-order valence-corrected chi connectivity index (χ2v) is 7.68. The molecular weight excluding hydrogens is 336 g/mol. The van der Waals surface area contributed by atoms with E-state index in [1.807, 2.05) is 4.90 Å². The molecule has 2 aliphatic heterocycles. The Labute approximate surface area is 155 Å². The van der Waals surface area contributed by atoms with E-state index < -0.39 is 0 Å². The third-order valence-electron chi connectivity index (χ3n) is 6.12. The lowest BCUT2D eigenvalue weighted by molar-refractivity contribution is -0.132. The van der Waals surface area contributed by atoms with Gasteiger partial charge in [-0.25, -0.2) is 0 Å². The maximum Gasteiger partial charge on any atom is 0.227 e. The molecule has 2 fully saturated rings. The Balaban J connectivity index is 0.00000182. The van der Waals surface area contributed by atoms with Crippen LogP contribution in [0.3, 0.4) is 0 Å². The number of carbonyl (C=O) groups excluding carboxylic acids is 1. The van der Waals surface area contributed by atoms with Crippen LogP contribution in [0.2, 0.25) is 0 Å². The van der Waals surface area contributed by atoms with Crippen LogP contribution in [-0.4, -0.2) is 37.0 Å². The van der Waals surface area contributed by atoms with E-state index in [1.54, 1.807) is 6.26 Å². The van der Waals surface area contributed by atoms with E-state index in [1.165, 1.54) is 17.5 Å². The maximum absolute atomic E-state index is 12.7. The van der Waals surface area contributed by atoms with Crippen molar-refractivity contribution >= 4 is 29.3 Å². The zero-order chi connectivity index (χ0) is 16.7. The Morgan fingerprint density at radius 1 is 1.20 bits per heavy atom. The van der Waals surface area contributed by atoms with Gasteiger partial charge in [0, 0.05) is 30.6 Å². The molecule has 25 heavy (non-hydrogen) atoms. The number of likely N-dealkylation sites (tertiary alicyclic amines) is 1. The van der Waals surface area contributed by atoms with Gasteiger partial charge in [-0.2, -0.15) is 0 Å². The molecule has 3 heterocycles. The lowest BCUT2D eigenvalue weighted by atomic mass is 9.78. The van der Waals surface area contributed by atoms with Crippen LogP contribution in [-0.2, 0) is 11.2 Å². The molecule has 0 atom stereocenters. The van der Waals surface area contributed by atoms with Gasteiger partial charge in [0.2, 0.25) is 5.91 Å². The highest BCUT2D eigenvalue weighted by Crippen LogP contribution is 2.37. The molecule has 1 N–H and O–H groups in total.